The minimum atomic E-state index is -0.748. The number of methoxy groups -OCH3 is 2. The molecule has 0 saturated heterocycles. The number of anilines is 1. The molecule has 2 aliphatic rings. The summed E-state index contributed by atoms with van der Waals surface area (Å²) in [5, 5.41) is 2.90. The Hall–Kier alpha value is -3.20. The third kappa shape index (κ3) is 3.35. The summed E-state index contributed by atoms with van der Waals surface area (Å²) in [4.78, 5) is 27.3. The molecule has 0 aromatic heterocycles. The number of urea groups is 1. The van der Waals surface area contributed by atoms with Gasteiger partial charge in [0.2, 0.25) is 6.79 Å². The normalized spacial score (nSPS) is 17.7. The van der Waals surface area contributed by atoms with Crippen LogP contribution in [0.2, 0.25) is 0 Å². The molecule has 2 amide bonds. The highest BCUT2D eigenvalue weighted by Gasteiger charge is 2.38. The van der Waals surface area contributed by atoms with Crippen LogP contribution in [0.25, 0.3) is 0 Å². The SMILES string of the molecule is COC(=O)C1=C(C)N(c2ccc3c(c2)OCO3)C(=O)NC1c1cc(Br)ccc1OC. The molecule has 2 aromatic rings. The van der Waals surface area contributed by atoms with Crippen molar-refractivity contribution in [1.29, 1.82) is 0 Å². The van der Waals surface area contributed by atoms with Gasteiger partial charge >= 0.3 is 12.0 Å². The summed E-state index contributed by atoms with van der Waals surface area (Å²) >= 11 is 3.44. The van der Waals surface area contributed by atoms with E-state index in [1.165, 1.54) is 19.1 Å². The van der Waals surface area contributed by atoms with Crippen LogP contribution in [0.4, 0.5) is 10.5 Å². The van der Waals surface area contributed by atoms with Crippen LogP contribution in [0.5, 0.6) is 17.2 Å². The average Bonchev–Trinajstić information content (AvgIpc) is 3.20. The van der Waals surface area contributed by atoms with Crippen LogP contribution in [0.1, 0.15) is 18.5 Å². The van der Waals surface area contributed by atoms with Crippen molar-refractivity contribution < 1.29 is 28.5 Å². The van der Waals surface area contributed by atoms with Crippen molar-refractivity contribution in [1.82, 2.24) is 5.32 Å². The first-order valence-corrected chi connectivity index (χ1v) is 9.86. The highest BCUT2D eigenvalue weighted by Crippen LogP contribution is 2.41. The zero-order valence-corrected chi connectivity index (χ0v) is 18.1. The first kappa shape index (κ1) is 20.1. The summed E-state index contributed by atoms with van der Waals surface area (Å²) in [6, 6.07) is 9.38. The number of carbonyl (C=O) groups is 2. The number of halogens is 1. The molecule has 1 N–H and O–H groups in total. The lowest BCUT2D eigenvalue weighted by Gasteiger charge is -2.35. The summed E-state index contributed by atoms with van der Waals surface area (Å²) < 4.78 is 22.0. The molecule has 0 saturated carbocycles. The minimum absolute atomic E-state index is 0.123. The summed E-state index contributed by atoms with van der Waals surface area (Å²) in [6.45, 7) is 1.82. The fourth-order valence-electron chi connectivity index (χ4n) is 3.62. The molecule has 1 atom stereocenters. The lowest BCUT2D eigenvalue weighted by Crippen LogP contribution is -2.48. The van der Waals surface area contributed by atoms with Gasteiger partial charge in [0.05, 0.1) is 31.5 Å². The lowest BCUT2D eigenvalue weighted by atomic mass is 9.94. The molecule has 2 aliphatic heterocycles. The smallest absolute Gasteiger partial charge is 0.337 e. The van der Waals surface area contributed by atoms with Crippen molar-refractivity contribution in [2.24, 2.45) is 0 Å². The van der Waals surface area contributed by atoms with Crippen LogP contribution in [-0.2, 0) is 9.53 Å². The molecule has 2 aromatic carbocycles. The summed E-state index contributed by atoms with van der Waals surface area (Å²) in [7, 11) is 2.84. The molecular formula is C21H19BrN2O6. The molecule has 9 heteroatoms. The maximum Gasteiger partial charge on any atom is 0.337 e. The predicted octanol–water partition coefficient (Wildman–Crippen LogP) is 3.90. The number of benzene rings is 2. The van der Waals surface area contributed by atoms with Gasteiger partial charge in [-0.1, -0.05) is 15.9 Å². The quantitative estimate of drug-likeness (QED) is 0.676. The molecule has 0 radical (unpaired) electrons. The molecule has 0 fully saturated rings. The van der Waals surface area contributed by atoms with Crippen molar-refractivity contribution in [3.05, 3.63) is 57.7 Å². The van der Waals surface area contributed by atoms with Gasteiger partial charge in [-0.2, -0.15) is 0 Å². The van der Waals surface area contributed by atoms with E-state index in [4.69, 9.17) is 18.9 Å². The van der Waals surface area contributed by atoms with Gasteiger partial charge in [0.1, 0.15) is 5.75 Å². The molecule has 2 heterocycles. The lowest BCUT2D eigenvalue weighted by molar-refractivity contribution is -0.136. The van der Waals surface area contributed by atoms with Gasteiger partial charge in [0.25, 0.3) is 0 Å². The molecule has 8 nitrogen and oxygen atoms in total. The molecule has 156 valence electrons. The second-order valence-electron chi connectivity index (χ2n) is 6.63. The van der Waals surface area contributed by atoms with Crippen LogP contribution < -0.4 is 24.4 Å². The number of amides is 2. The highest BCUT2D eigenvalue weighted by molar-refractivity contribution is 9.10. The van der Waals surface area contributed by atoms with Gasteiger partial charge in [0, 0.05) is 21.8 Å². The number of nitrogens with one attached hydrogen (secondary N) is 1. The third-order valence-corrected chi connectivity index (χ3v) is 5.50. The van der Waals surface area contributed by atoms with E-state index < -0.39 is 18.0 Å². The first-order valence-electron chi connectivity index (χ1n) is 9.07. The number of carbonyl (C=O) groups excluding carboxylic acids is 2. The Bertz CT molecular complexity index is 1070. The van der Waals surface area contributed by atoms with Gasteiger partial charge in [-0.3, -0.25) is 4.90 Å². The Morgan fingerprint density at radius 2 is 1.93 bits per heavy atom. The van der Waals surface area contributed by atoms with E-state index in [1.807, 2.05) is 6.07 Å². The number of allylic oxidation sites excluding steroid dienone is 1. The van der Waals surface area contributed by atoms with Gasteiger partial charge in [-0.15, -0.1) is 0 Å². The predicted molar refractivity (Wildman–Crippen MR) is 112 cm³/mol. The average molecular weight is 475 g/mol. The number of hydrogen-bond donors (Lipinski definition) is 1. The van der Waals surface area contributed by atoms with Crippen molar-refractivity contribution in [2.45, 2.75) is 13.0 Å². The summed E-state index contributed by atoms with van der Waals surface area (Å²) in [5.41, 5.74) is 1.91. The van der Waals surface area contributed by atoms with E-state index in [2.05, 4.69) is 21.2 Å². The van der Waals surface area contributed by atoms with Gasteiger partial charge in [-0.05, 0) is 37.3 Å². The van der Waals surface area contributed by atoms with E-state index in [0.717, 1.165) is 4.47 Å². The number of ether oxygens (including phenoxy) is 4. The topological polar surface area (TPSA) is 86.3 Å². The summed E-state index contributed by atoms with van der Waals surface area (Å²) in [6.07, 6.45) is 0. The van der Waals surface area contributed by atoms with E-state index in [0.29, 0.717) is 39.8 Å². The molecule has 0 spiro atoms. The second kappa shape index (κ2) is 7.91. The monoisotopic (exact) mass is 474 g/mol. The van der Waals surface area contributed by atoms with Gasteiger partial charge in [0.15, 0.2) is 11.5 Å². The van der Waals surface area contributed by atoms with E-state index >= 15 is 0 Å². The van der Waals surface area contributed by atoms with Crippen molar-refractivity contribution in [2.75, 3.05) is 25.9 Å². The van der Waals surface area contributed by atoms with Crippen LogP contribution >= 0.6 is 15.9 Å². The second-order valence-corrected chi connectivity index (χ2v) is 7.55. The molecule has 1 unspecified atom stereocenters. The zero-order valence-electron chi connectivity index (χ0n) is 16.5. The standard InChI is InChI=1S/C21H19BrN2O6/c1-11-18(20(25)28-3)19(14-8-12(22)4-6-15(14)27-2)23-21(26)24(11)13-5-7-16-17(9-13)30-10-29-16/h4-9,19H,10H2,1-3H3,(H,23,26). The van der Waals surface area contributed by atoms with Gasteiger partial charge in [-0.25, -0.2) is 9.59 Å². The van der Waals surface area contributed by atoms with Crippen LogP contribution in [-0.4, -0.2) is 33.0 Å². The molecule has 0 aliphatic carbocycles. The fourth-order valence-corrected chi connectivity index (χ4v) is 4.00. The Morgan fingerprint density at radius 1 is 1.17 bits per heavy atom. The zero-order chi connectivity index (χ0) is 21.4. The molecule has 30 heavy (non-hydrogen) atoms. The Labute approximate surface area is 181 Å². The maximum atomic E-state index is 13.1. The molecular weight excluding hydrogens is 456 g/mol. The van der Waals surface area contributed by atoms with Gasteiger partial charge < -0.3 is 24.3 Å². The van der Waals surface area contributed by atoms with E-state index in [9.17, 15) is 9.59 Å². The molecule has 4 rings (SSSR count). The van der Waals surface area contributed by atoms with Crippen LogP contribution in [0, 0.1) is 0 Å². The Balaban J connectivity index is 1.85. The number of hydrogen-bond acceptors (Lipinski definition) is 6. The number of fused-ring (bicyclic) bond motifs is 1. The number of esters is 1. The summed E-state index contributed by atoms with van der Waals surface area (Å²) in [5.74, 6) is 1.12. The Kier molecular flexibility index (Phi) is 5.29. The van der Waals surface area contributed by atoms with E-state index in [1.54, 1.807) is 37.3 Å². The van der Waals surface area contributed by atoms with Crippen molar-refractivity contribution in [3.63, 3.8) is 0 Å². The largest absolute Gasteiger partial charge is 0.496 e. The maximum absolute atomic E-state index is 13.1. The van der Waals surface area contributed by atoms with Crippen molar-refractivity contribution in [3.8, 4) is 17.2 Å². The first-order chi connectivity index (χ1) is 14.4. The number of nitrogens with zero attached hydrogens (tertiary/aromatic N) is 1. The highest BCUT2D eigenvalue weighted by atomic mass is 79.9. The fraction of sp³-hybridized carbons (Fsp3) is 0.238. The number of rotatable bonds is 4. The van der Waals surface area contributed by atoms with Crippen LogP contribution in [0.3, 0.4) is 0 Å². The van der Waals surface area contributed by atoms with Crippen LogP contribution in [0.15, 0.2) is 52.1 Å². The van der Waals surface area contributed by atoms with E-state index in [-0.39, 0.29) is 6.79 Å². The minimum Gasteiger partial charge on any atom is -0.496 e. The van der Waals surface area contributed by atoms with Crippen molar-refractivity contribution >= 4 is 33.6 Å². The Morgan fingerprint density at radius 3 is 2.67 bits per heavy atom. The molecule has 0 bridgehead atoms. The third-order valence-electron chi connectivity index (χ3n) is 5.01.